The molecule has 5 nitrogen and oxygen atoms in total. The summed E-state index contributed by atoms with van der Waals surface area (Å²) >= 11 is 0. The molecule has 0 atom stereocenters. The molecular formula is C8H11N5. The lowest BCUT2D eigenvalue weighted by Gasteiger charge is -2.02. The van der Waals surface area contributed by atoms with Gasteiger partial charge in [-0.3, -0.25) is 0 Å². The summed E-state index contributed by atoms with van der Waals surface area (Å²) in [4.78, 5) is 4.10. The molecule has 5 heteroatoms. The van der Waals surface area contributed by atoms with E-state index in [1.807, 2.05) is 25.3 Å². The van der Waals surface area contributed by atoms with Crippen LogP contribution in [-0.2, 0) is 0 Å². The van der Waals surface area contributed by atoms with Crippen LogP contribution in [0, 0.1) is 0 Å². The van der Waals surface area contributed by atoms with Crippen molar-refractivity contribution in [3.05, 3.63) is 18.3 Å². The van der Waals surface area contributed by atoms with Crippen molar-refractivity contribution in [3.8, 4) is 0 Å². The minimum absolute atomic E-state index is 0.297. The average Bonchev–Trinajstić information content (AvgIpc) is 2.47. The van der Waals surface area contributed by atoms with Gasteiger partial charge in [0.05, 0.1) is 5.69 Å². The van der Waals surface area contributed by atoms with Crippen molar-refractivity contribution in [1.82, 2.24) is 14.6 Å². The minimum Gasteiger partial charge on any atom is -0.382 e. The summed E-state index contributed by atoms with van der Waals surface area (Å²) < 4.78 is 1.66. The predicted octanol–water partition coefficient (Wildman–Crippen LogP) is 0.743. The Labute approximate surface area is 75.6 Å². The van der Waals surface area contributed by atoms with Crippen LogP contribution in [0.4, 0.5) is 11.6 Å². The normalized spacial score (nSPS) is 10.5. The summed E-state index contributed by atoms with van der Waals surface area (Å²) in [5.41, 5.74) is 7.20. The second kappa shape index (κ2) is 2.93. The maximum atomic E-state index is 5.48. The van der Waals surface area contributed by atoms with Crippen molar-refractivity contribution >= 4 is 17.3 Å². The molecule has 2 aromatic rings. The lowest BCUT2D eigenvalue weighted by Crippen LogP contribution is -1.99. The van der Waals surface area contributed by atoms with Crippen LogP contribution in [-0.4, -0.2) is 21.1 Å². The zero-order chi connectivity index (χ0) is 9.26. The van der Waals surface area contributed by atoms with E-state index in [1.54, 1.807) is 4.52 Å². The fourth-order valence-electron chi connectivity index (χ4n) is 1.25. The molecule has 0 aliphatic carbocycles. The molecule has 0 radical (unpaired) electrons. The van der Waals surface area contributed by atoms with Gasteiger partial charge in [0.15, 0.2) is 5.65 Å². The predicted molar refractivity (Wildman–Crippen MR) is 51.6 cm³/mol. The van der Waals surface area contributed by atoms with E-state index in [0.29, 0.717) is 5.95 Å². The number of nitrogen functional groups attached to an aromatic ring is 1. The van der Waals surface area contributed by atoms with E-state index in [-0.39, 0.29) is 0 Å². The third-order valence-corrected chi connectivity index (χ3v) is 1.75. The average molecular weight is 177 g/mol. The van der Waals surface area contributed by atoms with Crippen LogP contribution in [0.15, 0.2) is 18.3 Å². The first-order valence-electron chi connectivity index (χ1n) is 4.16. The summed E-state index contributed by atoms with van der Waals surface area (Å²) in [6.45, 7) is 2.88. The Morgan fingerprint density at radius 1 is 1.62 bits per heavy atom. The third-order valence-electron chi connectivity index (χ3n) is 1.75. The molecule has 68 valence electrons. The van der Waals surface area contributed by atoms with Crippen LogP contribution in [0.2, 0.25) is 0 Å². The van der Waals surface area contributed by atoms with E-state index in [2.05, 4.69) is 15.4 Å². The molecule has 0 spiro atoms. The van der Waals surface area contributed by atoms with E-state index in [0.717, 1.165) is 17.9 Å². The maximum Gasteiger partial charge on any atom is 0.240 e. The summed E-state index contributed by atoms with van der Waals surface area (Å²) in [5, 5.41) is 7.18. The molecule has 0 amide bonds. The number of pyridine rings is 1. The van der Waals surface area contributed by atoms with Crippen LogP contribution in [0.5, 0.6) is 0 Å². The molecule has 3 N–H and O–H groups in total. The van der Waals surface area contributed by atoms with Gasteiger partial charge in [-0.05, 0) is 19.1 Å². The zero-order valence-electron chi connectivity index (χ0n) is 7.36. The molecule has 0 saturated carbocycles. The minimum atomic E-state index is 0.297. The van der Waals surface area contributed by atoms with E-state index in [9.17, 15) is 0 Å². The number of rotatable bonds is 2. The first-order valence-corrected chi connectivity index (χ1v) is 4.16. The molecule has 13 heavy (non-hydrogen) atoms. The molecule has 0 bridgehead atoms. The molecule has 0 aromatic carbocycles. The summed E-state index contributed by atoms with van der Waals surface area (Å²) in [6, 6.07) is 3.85. The number of nitrogens with two attached hydrogens (primary N) is 1. The van der Waals surface area contributed by atoms with Gasteiger partial charge in [0.2, 0.25) is 5.95 Å². The molecule has 2 heterocycles. The first-order chi connectivity index (χ1) is 6.31. The van der Waals surface area contributed by atoms with Gasteiger partial charge in [0.1, 0.15) is 0 Å². The van der Waals surface area contributed by atoms with Gasteiger partial charge in [-0.1, -0.05) is 0 Å². The Morgan fingerprint density at radius 2 is 2.46 bits per heavy atom. The molecule has 0 aliphatic heterocycles. The summed E-state index contributed by atoms with van der Waals surface area (Å²) in [5.74, 6) is 0.297. The van der Waals surface area contributed by atoms with Crippen LogP contribution in [0.3, 0.4) is 0 Å². The Balaban J connectivity index is 2.60. The van der Waals surface area contributed by atoms with E-state index in [1.165, 1.54) is 0 Å². The number of hydrogen-bond acceptors (Lipinski definition) is 4. The van der Waals surface area contributed by atoms with E-state index >= 15 is 0 Å². The number of nitrogens with one attached hydrogen (secondary N) is 1. The van der Waals surface area contributed by atoms with Gasteiger partial charge in [-0.2, -0.15) is 4.98 Å². The van der Waals surface area contributed by atoms with Crippen molar-refractivity contribution in [2.45, 2.75) is 6.92 Å². The van der Waals surface area contributed by atoms with Crippen LogP contribution in [0.1, 0.15) is 6.92 Å². The Kier molecular flexibility index (Phi) is 1.77. The SMILES string of the molecule is CCNc1cccn2nc(N)nc12. The first kappa shape index (κ1) is 7.85. The Bertz CT molecular complexity index is 419. The number of anilines is 2. The van der Waals surface area contributed by atoms with Crippen molar-refractivity contribution in [2.75, 3.05) is 17.6 Å². The number of nitrogens with zero attached hydrogens (tertiary/aromatic N) is 3. The summed E-state index contributed by atoms with van der Waals surface area (Å²) in [7, 11) is 0. The van der Waals surface area contributed by atoms with Crippen molar-refractivity contribution in [3.63, 3.8) is 0 Å². The molecule has 0 aliphatic rings. The van der Waals surface area contributed by atoms with Crippen LogP contribution < -0.4 is 11.1 Å². The van der Waals surface area contributed by atoms with Crippen LogP contribution in [0.25, 0.3) is 5.65 Å². The number of hydrogen-bond donors (Lipinski definition) is 2. The molecule has 2 aromatic heterocycles. The van der Waals surface area contributed by atoms with E-state index in [4.69, 9.17) is 5.73 Å². The van der Waals surface area contributed by atoms with Gasteiger partial charge >= 0.3 is 0 Å². The van der Waals surface area contributed by atoms with Gasteiger partial charge in [-0.15, -0.1) is 5.10 Å². The lowest BCUT2D eigenvalue weighted by atomic mass is 10.4. The zero-order valence-corrected chi connectivity index (χ0v) is 7.36. The standard InChI is InChI=1S/C8H11N5/c1-2-10-6-4-3-5-13-7(6)11-8(9)12-13/h3-5,10H,2H2,1H3,(H2,9,12). The highest BCUT2D eigenvalue weighted by atomic mass is 15.3. The van der Waals surface area contributed by atoms with Gasteiger partial charge in [-0.25, -0.2) is 4.52 Å². The molecular weight excluding hydrogens is 166 g/mol. The lowest BCUT2D eigenvalue weighted by molar-refractivity contribution is 0.967. The topological polar surface area (TPSA) is 68.2 Å². The number of aromatic nitrogens is 3. The summed E-state index contributed by atoms with van der Waals surface area (Å²) in [6.07, 6.45) is 1.82. The maximum absolute atomic E-state index is 5.48. The fourth-order valence-corrected chi connectivity index (χ4v) is 1.25. The molecule has 0 unspecified atom stereocenters. The van der Waals surface area contributed by atoms with Crippen molar-refractivity contribution in [1.29, 1.82) is 0 Å². The fraction of sp³-hybridized carbons (Fsp3) is 0.250. The molecule has 2 rings (SSSR count). The Hall–Kier alpha value is -1.78. The molecule has 0 saturated heterocycles. The monoisotopic (exact) mass is 177 g/mol. The highest BCUT2D eigenvalue weighted by molar-refractivity contribution is 5.67. The van der Waals surface area contributed by atoms with Gasteiger partial charge < -0.3 is 11.1 Å². The largest absolute Gasteiger partial charge is 0.382 e. The van der Waals surface area contributed by atoms with Crippen LogP contribution >= 0.6 is 0 Å². The second-order valence-corrected chi connectivity index (χ2v) is 2.69. The highest BCUT2D eigenvalue weighted by Gasteiger charge is 2.03. The second-order valence-electron chi connectivity index (χ2n) is 2.69. The quantitative estimate of drug-likeness (QED) is 0.710. The molecule has 0 fully saturated rings. The third kappa shape index (κ3) is 1.28. The smallest absolute Gasteiger partial charge is 0.240 e. The van der Waals surface area contributed by atoms with Crippen molar-refractivity contribution in [2.24, 2.45) is 0 Å². The van der Waals surface area contributed by atoms with E-state index < -0.39 is 0 Å². The number of fused-ring (bicyclic) bond motifs is 1. The van der Waals surface area contributed by atoms with Gasteiger partial charge in [0, 0.05) is 12.7 Å². The highest BCUT2D eigenvalue weighted by Crippen LogP contribution is 2.14. The van der Waals surface area contributed by atoms with Crippen molar-refractivity contribution < 1.29 is 0 Å². The Morgan fingerprint density at radius 3 is 3.23 bits per heavy atom. The van der Waals surface area contributed by atoms with Gasteiger partial charge in [0.25, 0.3) is 0 Å².